The van der Waals surface area contributed by atoms with Gasteiger partial charge in [-0.05, 0) is 61.5 Å². The largest absolute Gasteiger partial charge is 0.493 e. The lowest BCUT2D eigenvalue weighted by atomic mass is 9.96. The third kappa shape index (κ3) is 12.3. The maximum atomic E-state index is 14.1. The van der Waals surface area contributed by atoms with Crippen LogP contribution < -0.4 is 15.4 Å². The van der Waals surface area contributed by atoms with Gasteiger partial charge >= 0.3 is 0 Å². The van der Waals surface area contributed by atoms with E-state index in [-0.39, 0.29) is 35.9 Å². The van der Waals surface area contributed by atoms with Crippen LogP contribution in [0.3, 0.4) is 0 Å². The molecule has 2 unspecified atom stereocenters. The number of nitrogens with zero attached hydrogens (tertiary/aromatic N) is 1. The van der Waals surface area contributed by atoms with Crippen LogP contribution in [-0.2, 0) is 27.3 Å². The highest BCUT2D eigenvalue weighted by Crippen LogP contribution is 2.36. The second-order valence-corrected chi connectivity index (χ2v) is 13.1. The van der Waals surface area contributed by atoms with Gasteiger partial charge in [0.15, 0.2) is 0 Å². The van der Waals surface area contributed by atoms with E-state index in [1.807, 2.05) is 51.1 Å². The summed E-state index contributed by atoms with van der Waals surface area (Å²) in [5.74, 6) is -0.629. The molecule has 1 aliphatic rings. The molecular weight excluding hydrogens is 640 g/mol. The molecule has 2 N–H and O–H groups in total. The van der Waals surface area contributed by atoms with Crippen LogP contribution in [0.4, 0.5) is 4.39 Å². The van der Waals surface area contributed by atoms with Gasteiger partial charge < -0.3 is 25.0 Å². The SMILES string of the molecule is CC(C)(C)CN1C(=O)C(CC(=O)NCc2ccccc2F)OC(c2ccccc2OCCCNCCCc2ccccc2)C=C1Cl.Cl. The van der Waals surface area contributed by atoms with Crippen molar-refractivity contribution in [1.82, 2.24) is 15.5 Å². The summed E-state index contributed by atoms with van der Waals surface area (Å²) in [5, 5.41) is 6.43. The lowest BCUT2D eigenvalue weighted by Crippen LogP contribution is -2.43. The topological polar surface area (TPSA) is 79.9 Å². The maximum absolute atomic E-state index is 14.1. The van der Waals surface area contributed by atoms with Gasteiger partial charge in [-0.15, -0.1) is 12.4 Å². The van der Waals surface area contributed by atoms with Gasteiger partial charge in [0.1, 0.15) is 28.9 Å². The molecule has 3 aromatic rings. The molecule has 47 heavy (non-hydrogen) atoms. The van der Waals surface area contributed by atoms with Gasteiger partial charge in [0.2, 0.25) is 5.91 Å². The molecule has 254 valence electrons. The van der Waals surface area contributed by atoms with Crippen molar-refractivity contribution in [2.24, 2.45) is 5.41 Å². The summed E-state index contributed by atoms with van der Waals surface area (Å²) in [4.78, 5) is 28.2. The van der Waals surface area contributed by atoms with Gasteiger partial charge in [0.05, 0.1) is 13.0 Å². The van der Waals surface area contributed by atoms with Crippen LogP contribution in [0, 0.1) is 11.2 Å². The number of hydrogen-bond donors (Lipinski definition) is 2. The van der Waals surface area contributed by atoms with Crippen molar-refractivity contribution >= 4 is 35.8 Å². The van der Waals surface area contributed by atoms with Gasteiger partial charge in [-0.3, -0.25) is 9.59 Å². The van der Waals surface area contributed by atoms with E-state index in [1.54, 1.807) is 24.3 Å². The van der Waals surface area contributed by atoms with Gasteiger partial charge in [-0.25, -0.2) is 4.39 Å². The first-order valence-electron chi connectivity index (χ1n) is 15.9. The highest BCUT2D eigenvalue weighted by Gasteiger charge is 2.37. The van der Waals surface area contributed by atoms with Crippen molar-refractivity contribution in [3.05, 3.63) is 113 Å². The fraction of sp³-hybridized carbons (Fsp3) is 0.405. The Kier molecular flexibility index (Phi) is 15.2. The Labute approximate surface area is 289 Å². The predicted octanol–water partition coefficient (Wildman–Crippen LogP) is 7.34. The number of rotatable bonds is 15. The third-order valence-corrected chi connectivity index (χ3v) is 7.81. The fourth-order valence-electron chi connectivity index (χ4n) is 5.18. The van der Waals surface area contributed by atoms with Crippen molar-refractivity contribution < 1.29 is 23.5 Å². The number of amides is 2. The minimum absolute atomic E-state index is 0. The summed E-state index contributed by atoms with van der Waals surface area (Å²) in [7, 11) is 0. The van der Waals surface area contributed by atoms with Crippen molar-refractivity contribution in [2.75, 3.05) is 26.2 Å². The van der Waals surface area contributed by atoms with Crippen LogP contribution >= 0.6 is 24.0 Å². The minimum atomic E-state index is -1.12. The number of benzene rings is 3. The average Bonchev–Trinajstić information content (AvgIpc) is 3.13. The second-order valence-electron chi connectivity index (χ2n) is 12.7. The number of carbonyl (C=O) groups is 2. The summed E-state index contributed by atoms with van der Waals surface area (Å²) in [6, 6.07) is 24.2. The molecule has 0 aliphatic carbocycles. The number of hydrogen-bond acceptors (Lipinski definition) is 5. The molecule has 0 spiro atoms. The van der Waals surface area contributed by atoms with E-state index in [0.29, 0.717) is 30.0 Å². The molecular formula is C37H46Cl2FN3O4. The summed E-state index contributed by atoms with van der Waals surface area (Å²) >= 11 is 6.77. The smallest absolute Gasteiger partial charge is 0.257 e. The summed E-state index contributed by atoms with van der Waals surface area (Å²) in [6.07, 6.45) is 2.50. The third-order valence-electron chi connectivity index (χ3n) is 7.48. The Morgan fingerprint density at radius 3 is 2.40 bits per heavy atom. The van der Waals surface area contributed by atoms with Crippen LogP contribution in [0.15, 0.2) is 90.1 Å². The molecule has 7 nitrogen and oxygen atoms in total. The Bertz CT molecular complexity index is 1470. The summed E-state index contributed by atoms with van der Waals surface area (Å²) in [5.41, 5.74) is 2.14. The van der Waals surface area contributed by atoms with Crippen LogP contribution in [-0.4, -0.2) is 49.1 Å². The number of aryl methyl sites for hydroxylation is 1. The predicted molar refractivity (Wildman–Crippen MR) is 187 cm³/mol. The Morgan fingerprint density at radius 1 is 0.979 bits per heavy atom. The van der Waals surface area contributed by atoms with Crippen molar-refractivity contribution in [1.29, 1.82) is 0 Å². The molecule has 0 fully saturated rings. The number of carbonyl (C=O) groups excluding carboxylic acids is 2. The summed E-state index contributed by atoms with van der Waals surface area (Å²) in [6.45, 7) is 8.59. The quantitative estimate of drug-likeness (QED) is 0.129. The highest BCUT2D eigenvalue weighted by atomic mass is 35.5. The summed E-state index contributed by atoms with van der Waals surface area (Å²) < 4.78 is 26.6. The molecule has 1 aliphatic heterocycles. The first-order valence-corrected chi connectivity index (χ1v) is 16.3. The molecule has 2 atom stereocenters. The lowest BCUT2D eigenvalue weighted by molar-refractivity contribution is -0.147. The molecule has 0 bridgehead atoms. The zero-order chi connectivity index (χ0) is 32.9. The number of halogens is 3. The Balaban J connectivity index is 0.00000600. The van der Waals surface area contributed by atoms with Gasteiger partial charge in [0, 0.05) is 24.2 Å². The fourth-order valence-corrected chi connectivity index (χ4v) is 5.44. The number of para-hydroxylation sites is 1. The molecule has 0 aromatic heterocycles. The maximum Gasteiger partial charge on any atom is 0.257 e. The van der Waals surface area contributed by atoms with E-state index in [4.69, 9.17) is 21.1 Å². The normalized spacial score (nSPS) is 16.6. The molecule has 3 aromatic carbocycles. The van der Waals surface area contributed by atoms with Crippen LogP contribution in [0.2, 0.25) is 0 Å². The lowest BCUT2D eigenvalue weighted by Gasteiger charge is -2.30. The minimum Gasteiger partial charge on any atom is -0.493 e. The van der Waals surface area contributed by atoms with Gasteiger partial charge in [0.25, 0.3) is 5.91 Å². The Hall–Kier alpha value is -3.43. The van der Waals surface area contributed by atoms with Crippen molar-refractivity contribution in [3.8, 4) is 5.75 Å². The zero-order valence-corrected chi connectivity index (χ0v) is 28.9. The van der Waals surface area contributed by atoms with Crippen LogP contribution in [0.1, 0.15) is 62.8 Å². The van der Waals surface area contributed by atoms with E-state index in [0.717, 1.165) is 32.4 Å². The number of ether oxygens (including phenoxy) is 2. The van der Waals surface area contributed by atoms with E-state index >= 15 is 0 Å². The van der Waals surface area contributed by atoms with Crippen LogP contribution in [0.25, 0.3) is 0 Å². The zero-order valence-electron chi connectivity index (χ0n) is 27.3. The molecule has 0 saturated carbocycles. The average molecular weight is 687 g/mol. The molecule has 4 rings (SSSR count). The van der Waals surface area contributed by atoms with Crippen LogP contribution in [0.5, 0.6) is 5.75 Å². The van der Waals surface area contributed by atoms with E-state index in [9.17, 15) is 14.0 Å². The molecule has 0 radical (unpaired) electrons. The first kappa shape index (κ1) is 38.0. The number of nitrogens with one attached hydrogen (secondary N) is 2. The van der Waals surface area contributed by atoms with Crippen molar-refractivity contribution in [3.63, 3.8) is 0 Å². The molecule has 1 heterocycles. The molecule has 10 heteroatoms. The van der Waals surface area contributed by atoms with Crippen molar-refractivity contribution in [2.45, 2.75) is 65.2 Å². The van der Waals surface area contributed by atoms with E-state index < -0.39 is 29.8 Å². The van der Waals surface area contributed by atoms with Gasteiger partial charge in [-0.1, -0.05) is 99.1 Å². The van der Waals surface area contributed by atoms with E-state index in [2.05, 4.69) is 34.9 Å². The molecule has 2 amide bonds. The highest BCUT2D eigenvalue weighted by molar-refractivity contribution is 6.30. The molecule has 0 saturated heterocycles. The second kappa shape index (κ2) is 18.8. The monoisotopic (exact) mass is 685 g/mol. The first-order chi connectivity index (χ1) is 22.1. The Morgan fingerprint density at radius 2 is 1.66 bits per heavy atom. The van der Waals surface area contributed by atoms with E-state index in [1.165, 1.54) is 16.5 Å². The van der Waals surface area contributed by atoms with Gasteiger partial charge in [-0.2, -0.15) is 0 Å². The standard InChI is InChI=1S/C37H45ClFN3O4.ClH/c1-37(2,3)26-42-34(38)23-32(46-33(36(42)44)24-35(43)41-25-28-16-7-9-18-30(28)39)29-17-8-10-19-31(29)45-22-12-21-40-20-11-15-27-13-5-4-6-14-27;/h4-10,13-14,16-19,23,32-33,40H,11-12,15,20-22,24-26H2,1-3H3,(H,41,43);1H.